The number of rotatable bonds is 2. The van der Waals surface area contributed by atoms with E-state index < -0.39 is 0 Å². The summed E-state index contributed by atoms with van der Waals surface area (Å²) in [5, 5.41) is 9.07. The van der Waals surface area contributed by atoms with Gasteiger partial charge in [0.25, 0.3) is 0 Å². The Hall–Kier alpha value is -0.870. The van der Waals surface area contributed by atoms with E-state index in [4.69, 9.17) is 5.11 Å². The van der Waals surface area contributed by atoms with Crippen LogP contribution in [0, 0.1) is 0 Å². The van der Waals surface area contributed by atoms with Gasteiger partial charge in [0, 0.05) is 17.6 Å². The quantitative estimate of drug-likeness (QED) is 0.877. The number of nitrogens with zero attached hydrogens (tertiary/aromatic N) is 1. The molecule has 1 aliphatic heterocycles. The highest BCUT2D eigenvalue weighted by atomic mass is 79.9. The van der Waals surface area contributed by atoms with E-state index >= 15 is 0 Å². The number of aliphatic hydroxyl groups excluding tert-OH is 1. The van der Waals surface area contributed by atoms with Crippen molar-refractivity contribution >= 4 is 21.8 Å². The third-order valence-electron chi connectivity index (χ3n) is 2.48. The summed E-state index contributed by atoms with van der Waals surface area (Å²) in [6.45, 7) is 0.963. The molecular weight excluding hydrogens is 258 g/mol. The Morgan fingerprint density at radius 1 is 1.40 bits per heavy atom. The maximum atomic E-state index is 11.6. The van der Waals surface area contributed by atoms with Crippen molar-refractivity contribution in [2.45, 2.75) is 12.5 Å². The van der Waals surface area contributed by atoms with Gasteiger partial charge in [0.2, 0.25) is 5.91 Å². The zero-order chi connectivity index (χ0) is 10.8. The van der Waals surface area contributed by atoms with Crippen molar-refractivity contribution in [3.8, 4) is 0 Å². The van der Waals surface area contributed by atoms with E-state index in [1.54, 1.807) is 4.90 Å². The maximum Gasteiger partial charge on any atom is 0.227 e. The summed E-state index contributed by atoms with van der Waals surface area (Å²) in [4.78, 5) is 13.3. The van der Waals surface area contributed by atoms with E-state index in [0.717, 1.165) is 10.0 Å². The summed E-state index contributed by atoms with van der Waals surface area (Å²) in [6.07, 6.45) is 0.0962. The monoisotopic (exact) mass is 269 g/mol. The SMILES string of the molecule is O=C(Cc1ccc(Br)cc1)N1CC(O)C1. The van der Waals surface area contributed by atoms with Gasteiger partial charge in [0.15, 0.2) is 0 Å². The predicted molar refractivity (Wildman–Crippen MR) is 60.4 cm³/mol. The predicted octanol–water partition coefficient (Wildman–Crippen LogP) is 1.19. The van der Waals surface area contributed by atoms with E-state index in [1.165, 1.54) is 0 Å². The molecule has 0 atom stereocenters. The Morgan fingerprint density at radius 2 is 2.00 bits per heavy atom. The number of aliphatic hydroxyl groups is 1. The molecule has 3 nitrogen and oxygen atoms in total. The van der Waals surface area contributed by atoms with Gasteiger partial charge in [-0.3, -0.25) is 4.79 Å². The minimum atomic E-state index is -0.320. The Morgan fingerprint density at radius 3 is 2.53 bits per heavy atom. The van der Waals surface area contributed by atoms with Crippen LogP contribution in [0.15, 0.2) is 28.7 Å². The summed E-state index contributed by atoms with van der Waals surface area (Å²) in [5.74, 6) is 0.0858. The number of halogens is 1. The average Bonchev–Trinajstić information content (AvgIpc) is 2.17. The van der Waals surface area contributed by atoms with Crippen LogP contribution in [0.2, 0.25) is 0 Å². The molecule has 0 radical (unpaired) electrons. The van der Waals surface area contributed by atoms with Crippen molar-refractivity contribution in [1.82, 2.24) is 4.90 Å². The molecule has 1 saturated heterocycles. The van der Waals surface area contributed by atoms with Crippen LogP contribution in [0.5, 0.6) is 0 Å². The third kappa shape index (κ3) is 2.58. The van der Waals surface area contributed by atoms with Crippen molar-refractivity contribution in [3.63, 3.8) is 0 Å². The fraction of sp³-hybridized carbons (Fsp3) is 0.364. The molecular formula is C11H12BrNO2. The highest BCUT2D eigenvalue weighted by Crippen LogP contribution is 2.14. The molecule has 0 saturated carbocycles. The largest absolute Gasteiger partial charge is 0.389 e. The summed E-state index contributed by atoms with van der Waals surface area (Å²) in [7, 11) is 0. The molecule has 1 N–H and O–H groups in total. The van der Waals surface area contributed by atoms with Gasteiger partial charge in [-0.25, -0.2) is 0 Å². The molecule has 80 valence electrons. The van der Waals surface area contributed by atoms with Gasteiger partial charge in [-0.1, -0.05) is 28.1 Å². The van der Waals surface area contributed by atoms with Crippen LogP contribution in [0.4, 0.5) is 0 Å². The van der Waals surface area contributed by atoms with Gasteiger partial charge in [-0.05, 0) is 17.7 Å². The number of β-amino-alcohol motifs (C(OH)–C–C–N with tert-alkyl or cyclic N) is 1. The maximum absolute atomic E-state index is 11.6. The standard InChI is InChI=1S/C11H12BrNO2/c12-9-3-1-8(2-4-9)5-11(15)13-6-10(14)7-13/h1-4,10,14H,5-7H2. The first kappa shape index (κ1) is 10.6. The fourth-order valence-corrected chi connectivity index (χ4v) is 1.81. The molecule has 0 aromatic heterocycles. The summed E-state index contributed by atoms with van der Waals surface area (Å²) >= 11 is 3.34. The Kier molecular flexibility index (Phi) is 3.07. The number of carbonyl (C=O) groups excluding carboxylic acids is 1. The molecule has 1 amide bonds. The zero-order valence-corrected chi connectivity index (χ0v) is 9.77. The first-order chi connectivity index (χ1) is 7.15. The Labute approximate surface area is 96.8 Å². The number of carbonyl (C=O) groups is 1. The van der Waals surface area contributed by atoms with Crippen LogP contribution >= 0.6 is 15.9 Å². The topological polar surface area (TPSA) is 40.5 Å². The van der Waals surface area contributed by atoms with E-state index in [-0.39, 0.29) is 12.0 Å². The molecule has 1 aromatic rings. The molecule has 1 aromatic carbocycles. The average molecular weight is 270 g/mol. The van der Waals surface area contributed by atoms with Crippen LogP contribution < -0.4 is 0 Å². The van der Waals surface area contributed by atoms with Crippen molar-refractivity contribution in [3.05, 3.63) is 34.3 Å². The van der Waals surface area contributed by atoms with Gasteiger partial charge >= 0.3 is 0 Å². The summed E-state index contributed by atoms with van der Waals surface area (Å²) < 4.78 is 1.01. The number of benzene rings is 1. The van der Waals surface area contributed by atoms with Gasteiger partial charge in [0.1, 0.15) is 0 Å². The molecule has 0 unspecified atom stereocenters. The van der Waals surface area contributed by atoms with Gasteiger partial charge in [0.05, 0.1) is 12.5 Å². The molecule has 15 heavy (non-hydrogen) atoms. The molecule has 2 rings (SSSR count). The molecule has 1 heterocycles. The van der Waals surface area contributed by atoms with Crippen molar-refractivity contribution in [2.75, 3.05) is 13.1 Å². The van der Waals surface area contributed by atoms with E-state index in [0.29, 0.717) is 19.5 Å². The van der Waals surface area contributed by atoms with E-state index in [9.17, 15) is 4.79 Å². The van der Waals surface area contributed by atoms with Crippen LogP contribution in [-0.4, -0.2) is 35.1 Å². The molecule has 0 bridgehead atoms. The Balaban J connectivity index is 1.91. The first-order valence-electron chi connectivity index (χ1n) is 4.85. The number of hydrogen-bond acceptors (Lipinski definition) is 2. The molecule has 4 heteroatoms. The second kappa shape index (κ2) is 4.33. The van der Waals surface area contributed by atoms with Gasteiger partial charge in [-0.15, -0.1) is 0 Å². The van der Waals surface area contributed by atoms with E-state index in [2.05, 4.69) is 15.9 Å². The lowest BCUT2D eigenvalue weighted by atomic mass is 10.1. The first-order valence-corrected chi connectivity index (χ1v) is 5.65. The summed E-state index contributed by atoms with van der Waals surface area (Å²) in [6, 6.07) is 7.71. The fourth-order valence-electron chi connectivity index (χ4n) is 1.55. The second-order valence-corrected chi connectivity index (χ2v) is 4.67. The molecule has 1 aliphatic rings. The molecule has 1 fully saturated rings. The zero-order valence-electron chi connectivity index (χ0n) is 8.19. The number of hydrogen-bond donors (Lipinski definition) is 1. The highest BCUT2D eigenvalue weighted by Gasteiger charge is 2.28. The lowest BCUT2D eigenvalue weighted by Crippen LogP contribution is -2.53. The number of amides is 1. The number of likely N-dealkylation sites (tertiary alicyclic amines) is 1. The normalized spacial score (nSPS) is 16.3. The summed E-state index contributed by atoms with van der Waals surface area (Å²) in [5.41, 5.74) is 1.00. The third-order valence-corrected chi connectivity index (χ3v) is 3.01. The van der Waals surface area contributed by atoms with Crippen molar-refractivity contribution in [2.24, 2.45) is 0 Å². The minimum absolute atomic E-state index is 0.0858. The lowest BCUT2D eigenvalue weighted by Gasteiger charge is -2.35. The highest BCUT2D eigenvalue weighted by molar-refractivity contribution is 9.10. The van der Waals surface area contributed by atoms with Crippen LogP contribution in [0.25, 0.3) is 0 Å². The second-order valence-electron chi connectivity index (χ2n) is 3.76. The van der Waals surface area contributed by atoms with Crippen LogP contribution in [-0.2, 0) is 11.2 Å². The Bertz CT molecular complexity index is 357. The molecule has 0 spiro atoms. The van der Waals surface area contributed by atoms with Crippen LogP contribution in [0.1, 0.15) is 5.56 Å². The smallest absolute Gasteiger partial charge is 0.227 e. The minimum Gasteiger partial charge on any atom is -0.389 e. The lowest BCUT2D eigenvalue weighted by molar-refractivity contribution is -0.140. The van der Waals surface area contributed by atoms with Crippen molar-refractivity contribution < 1.29 is 9.90 Å². The van der Waals surface area contributed by atoms with E-state index in [1.807, 2.05) is 24.3 Å². The van der Waals surface area contributed by atoms with Crippen molar-refractivity contribution in [1.29, 1.82) is 0 Å². The van der Waals surface area contributed by atoms with Crippen LogP contribution in [0.3, 0.4) is 0 Å². The van der Waals surface area contributed by atoms with Gasteiger partial charge in [-0.2, -0.15) is 0 Å². The van der Waals surface area contributed by atoms with Gasteiger partial charge < -0.3 is 10.0 Å². The molecule has 0 aliphatic carbocycles.